The molecule has 2 N–H and O–H groups in total. The highest BCUT2D eigenvalue weighted by molar-refractivity contribution is 5.97. The van der Waals surface area contributed by atoms with Gasteiger partial charge in [0.25, 0.3) is 11.8 Å². The van der Waals surface area contributed by atoms with Crippen LogP contribution >= 0.6 is 0 Å². The van der Waals surface area contributed by atoms with Gasteiger partial charge in [0.15, 0.2) is 11.9 Å². The van der Waals surface area contributed by atoms with Gasteiger partial charge >= 0.3 is 5.97 Å². The zero-order chi connectivity index (χ0) is 19.1. The summed E-state index contributed by atoms with van der Waals surface area (Å²) in [5.41, 5.74) is 1.78. The van der Waals surface area contributed by atoms with Gasteiger partial charge in [-0.05, 0) is 50.1 Å². The van der Waals surface area contributed by atoms with E-state index in [1.54, 1.807) is 18.2 Å². The average Bonchev–Trinajstić information content (AvgIpc) is 3.17. The number of carbonyl (C=O) groups is 3. The number of hydrogen-bond acceptors (Lipinski definition) is 5. The summed E-state index contributed by atoms with van der Waals surface area (Å²) in [4.78, 5) is 36.0. The van der Waals surface area contributed by atoms with E-state index in [1.165, 1.54) is 26.2 Å². The van der Waals surface area contributed by atoms with Crippen molar-refractivity contribution in [3.63, 3.8) is 0 Å². The molecule has 0 unspecified atom stereocenters. The van der Waals surface area contributed by atoms with E-state index < -0.39 is 29.9 Å². The number of hydrogen-bond donors (Lipinski definition) is 2. The Bertz CT molecular complexity index is 753. The summed E-state index contributed by atoms with van der Waals surface area (Å²) in [6.45, 7) is 4.98. The van der Waals surface area contributed by atoms with Gasteiger partial charge in [0.05, 0.1) is 6.26 Å². The van der Waals surface area contributed by atoms with Crippen LogP contribution in [0.3, 0.4) is 0 Å². The van der Waals surface area contributed by atoms with E-state index in [2.05, 4.69) is 10.6 Å². The summed E-state index contributed by atoms with van der Waals surface area (Å²) in [7, 11) is 0. The SMILES string of the molecule is CCc1ccc(NC(=O)[C@H](C)OC(=O)[C@H](C)NC(=O)c2ccco2)cc1. The van der Waals surface area contributed by atoms with Gasteiger partial charge in [0, 0.05) is 5.69 Å². The summed E-state index contributed by atoms with van der Waals surface area (Å²) in [6.07, 6.45) is 1.26. The molecule has 7 nitrogen and oxygen atoms in total. The molecule has 1 heterocycles. The third kappa shape index (κ3) is 5.20. The number of ether oxygens (including phenoxy) is 1. The molecule has 7 heteroatoms. The van der Waals surface area contributed by atoms with Crippen molar-refractivity contribution in [3.8, 4) is 0 Å². The van der Waals surface area contributed by atoms with Crippen molar-refractivity contribution < 1.29 is 23.5 Å². The predicted octanol–water partition coefficient (Wildman–Crippen LogP) is 2.53. The van der Waals surface area contributed by atoms with Crippen molar-refractivity contribution in [1.29, 1.82) is 0 Å². The van der Waals surface area contributed by atoms with Crippen molar-refractivity contribution in [3.05, 3.63) is 54.0 Å². The van der Waals surface area contributed by atoms with Crippen LogP contribution in [0.2, 0.25) is 0 Å². The summed E-state index contributed by atoms with van der Waals surface area (Å²) in [5, 5.41) is 5.13. The van der Waals surface area contributed by atoms with Gasteiger partial charge in [0.2, 0.25) is 0 Å². The quantitative estimate of drug-likeness (QED) is 0.741. The highest BCUT2D eigenvalue weighted by Gasteiger charge is 2.24. The number of furan rings is 1. The van der Waals surface area contributed by atoms with Crippen molar-refractivity contribution in [2.24, 2.45) is 0 Å². The number of nitrogens with one attached hydrogen (secondary N) is 2. The van der Waals surface area contributed by atoms with Crippen LogP contribution in [0.15, 0.2) is 47.1 Å². The number of amides is 2. The lowest BCUT2D eigenvalue weighted by molar-refractivity contribution is -0.154. The van der Waals surface area contributed by atoms with Crippen molar-refractivity contribution >= 4 is 23.5 Å². The Hall–Kier alpha value is -3.09. The fourth-order valence-electron chi connectivity index (χ4n) is 2.13. The van der Waals surface area contributed by atoms with E-state index in [9.17, 15) is 14.4 Å². The van der Waals surface area contributed by atoms with Crippen molar-refractivity contribution in [1.82, 2.24) is 5.32 Å². The fraction of sp³-hybridized carbons (Fsp3) is 0.316. The van der Waals surface area contributed by atoms with Gasteiger partial charge in [-0.25, -0.2) is 4.79 Å². The maximum absolute atomic E-state index is 12.1. The molecule has 1 aromatic carbocycles. The minimum Gasteiger partial charge on any atom is -0.459 e. The Labute approximate surface area is 151 Å². The lowest BCUT2D eigenvalue weighted by atomic mass is 10.1. The first-order valence-corrected chi connectivity index (χ1v) is 8.35. The molecule has 26 heavy (non-hydrogen) atoms. The topological polar surface area (TPSA) is 97.6 Å². The van der Waals surface area contributed by atoms with Gasteiger partial charge < -0.3 is 19.8 Å². The largest absolute Gasteiger partial charge is 0.459 e. The van der Waals surface area contributed by atoms with E-state index in [-0.39, 0.29) is 5.76 Å². The fourth-order valence-corrected chi connectivity index (χ4v) is 2.13. The van der Waals surface area contributed by atoms with Crippen molar-refractivity contribution in [2.75, 3.05) is 5.32 Å². The second-order valence-corrected chi connectivity index (χ2v) is 5.79. The number of esters is 1. The zero-order valence-corrected chi connectivity index (χ0v) is 14.9. The molecule has 0 aliphatic carbocycles. The Morgan fingerprint density at radius 1 is 1.12 bits per heavy atom. The van der Waals surface area contributed by atoms with Gasteiger partial charge in [0.1, 0.15) is 6.04 Å². The van der Waals surface area contributed by atoms with Crippen LogP contribution in [0.1, 0.15) is 36.9 Å². The number of benzene rings is 1. The molecule has 0 bridgehead atoms. The normalized spacial score (nSPS) is 12.7. The first-order chi connectivity index (χ1) is 12.4. The molecule has 2 amide bonds. The van der Waals surface area contributed by atoms with Gasteiger partial charge in [-0.3, -0.25) is 9.59 Å². The first kappa shape index (κ1) is 19.2. The van der Waals surface area contributed by atoms with Crippen LogP contribution in [-0.4, -0.2) is 29.9 Å². The summed E-state index contributed by atoms with van der Waals surface area (Å²) < 4.78 is 10.1. The summed E-state index contributed by atoms with van der Waals surface area (Å²) in [5.74, 6) is -1.61. The molecular weight excluding hydrogens is 336 g/mol. The van der Waals surface area contributed by atoms with E-state index in [0.717, 1.165) is 12.0 Å². The lowest BCUT2D eigenvalue weighted by Gasteiger charge is -2.17. The Balaban J connectivity index is 1.84. The molecule has 2 atom stereocenters. The minimum absolute atomic E-state index is 0.0889. The maximum Gasteiger partial charge on any atom is 0.329 e. The number of carbonyl (C=O) groups excluding carboxylic acids is 3. The van der Waals surface area contributed by atoms with Gasteiger partial charge in [-0.15, -0.1) is 0 Å². The highest BCUT2D eigenvalue weighted by Crippen LogP contribution is 2.11. The number of aryl methyl sites for hydroxylation is 1. The molecule has 0 spiro atoms. The first-order valence-electron chi connectivity index (χ1n) is 8.35. The molecule has 138 valence electrons. The van der Waals surface area contributed by atoms with Crippen LogP contribution in [0.25, 0.3) is 0 Å². The van der Waals surface area contributed by atoms with Crippen LogP contribution in [-0.2, 0) is 20.7 Å². The smallest absolute Gasteiger partial charge is 0.329 e. The highest BCUT2D eigenvalue weighted by atomic mass is 16.5. The molecule has 0 saturated heterocycles. The molecule has 0 fully saturated rings. The molecule has 0 saturated carbocycles. The molecule has 2 rings (SSSR count). The second kappa shape index (κ2) is 8.84. The van der Waals surface area contributed by atoms with E-state index in [4.69, 9.17) is 9.15 Å². The standard InChI is InChI=1S/C19H22N2O5/c1-4-14-7-9-15(10-8-14)21-17(22)13(3)26-19(24)12(2)20-18(23)16-6-5-11-25-16/h5-13H,4H2,1-3H3,(H,20,23)(H,21,22)/t12-,13-/m0/s1. The predicted molar refractivity (Wildman–Crippen MR) is 95.6 cm³/mol. The molecule has 1 aromatic heterocycles. The summed E-state index contributed by atoms with van der Waals surface area (Å²) in [6, 6.07) is 9.53. The van der Waals surface area contributed by atoms with E-state index in [0.29, 0.717) is 5.69 Å². The van der Waals surface area contributed by atoms with Crippen LogP contribution in [0.4, 0.5) is 5.69 Å². The van der Waals surface area contributed by atoms with E-state index >= 15 is 0 Å². The Kier molecular flexibility index (Phi) is 6.54. The van der Waals surface area contributed by atoms with E-state index in [1.807, 2.05) is 19.1 Å². The monoisotopic (exact) mass is 358 g/mol. The molecular formula is C19H22N2O5. The number of anilines is 1. The molecule has 0 radical (unpaired) electrons. The molecule has 0 aliphatic heterocycles. The minimum atomic E-state index is -1.00. The van der Waals surface area contributed by atoms with Gasteiger partial charge in [-0.2, -0.15) is 0 Å². The third-order valence-corrected chi connectivity index (χ3v) is 3.74. The van der Waals surface area contributed by atoms with Crippen molar-refractivity contribution in [2.45, 2.75) is 39.3 Å². The maximum atomic E-state index is 12.1. The van der Waals surface area contributed by atoms with Gasteiger partial charge in [-0.1, -0.05) is 19.1 Å². The lowest BCUT2D eigenvalue weighted by Crippen LogP contribution is -2.42. The molecule has 0 aliphatic rings. The second-order valence-electron chi connectivity index (χ2n) is 5.79. The number of rotatable bonds is 7. The Morgan fingerprint density at radius 3 is 2.38 bits per heavy atom. The Morgan fingerprint density at radius 2 is 1.81 bits per heavy atom. The van der Waals surface area contributed by atoms with Crippen LogP contribution in [0.5, 0.6) is 0 Å². The van der Waals surface area contributed by atoms with Crippen LogP contribution in [0, 0.1) is 0 Å². The third-order valence-electron chi connectivity index (χ3n) is 3.74. The zero-order valence-electron chi connectivity index (χ0n) is 14.9. The average molecular weight is 358 g/mol. The summed E-state index contributed by atoms with van der Waals surface area (Å²) >= 11 is 0. The molecule has 2 aromatic rings. The van der Waals surface area contributed by atoms with Crippen LogP contribution < -0.4 is 10.6 Å².